The molecule has 1 saturated carbocycles. The van der Waals surface area contributed by atoms with Crippen molar-refractivity contribution in [2.45, 2.75) is 49.7 Å². The second kappa shape index (κ2) is 6.24. The number of benzene rings is 1. The van der Waals surface area contributed by atoms with Crippen molar-refractivity contribution in [3.05, 3.63) is 35.7 Å². The van der Waals surface area contributed by atoms with Gasteiger partial charge in [-0.25, -0.2) is 0 Å². The molecular formula is C18H21N3O2S. The molecule has 24 heavy (non-hydrogen) atoms. The van der Waals surface area contributed by atoms with Gasteiger partial charge in [0.15, 0.2) is 0 Å². The third-order valence-electron chi connectivity index (χ3n) is 4.72. The number of aryl methyl sites for hydroxylation is 1. The number of hydrogen-bond donors (Lipinski definition) is 0. The maximum absolute atomic E-state index is 12.5. The fraction of sp³-hybridized carbons (Fsp3) is 0.500. The van der Waals surface area contributed by atoms with E-state index in [0.717, 1.165) is 24.1 Å². The average molecular weight is 343 g/mol. The summed E-state index contributed by atoms with van der Waals surface area (Å²) < 4.78 is 5.46. The first kappa shape index (κ1) is 15.7. The summed E-state index contributed by atoms with van der Waals surface area (Å²) >= 11 is 1.64. The van der Waals surface area contributed by atoms with Crippen molar-refractivity contribution in [1.29, 1.82) is 0 Å². The van der Waals surface area contributed by atoms with Gasteiger partial charge in [0.2, 0.25) is 17.6 Å². The summed E-state index contributed by atoms with van der Waals surface area (Å²) in [6.45, 7) is 4.96. The van der Waals surface area contributed by atoms with Gasteiger partial charge in [-0.3, -0.25) is 4.79 Å². The molecule has 6 heteroatoms. The van der Waals surface area contributed by atoms with Crippen LogP contribution in [-0.2, 0) is 4.79 Å². The molecule has 1 aliphatic heterocycles. The highest BCUT2D eigenvalue weighted by atomic mass is 32.2. The van der Waals surface area contributed by atoms with Gasteiger partial charge in [-0.2, -0.15) is 4.98 Å². The van der Waals surface area contributed by atoms with E-state index in [4.69, 9.17) is 4.52 Å². The number of thioether (sulfide) groups is 1. The maximum Gasteiger partial charge on any atom is 0.239 e. The summed E-state index contributed by atoms with van der Waals surface area (Å²) in [4.78, 5) is 19.1. The summed E-state index contributed by atoms with van der Waals surface area (Å²) in [5, 5.41) is 4.16. The van der Waals surface area contributed by atoms with Crippen molar-refractivity contribution in [1.82, 2.24) is 15.0 Å². The lowest BCUT2D eigenvalue weighted by molar-refractivity contribution is -0.127. The van der Waals surface area contributed by atoms with E-state index >= 15 is 0 Å². The van der Waals surface area contributed by atoms with Crippen molar-refractivity contribution >= 4 is 17.7 Å². The van der Waals surface area contributed by atoms with Crippen LogP contribution in [0.5, 0.6) is 0 Å². The van der Waals surface area contributed by atoms with E-state index in [1.807, 2.05) is 38.1 Å². The Labute approximate surface area is 145 Å². The molecule has 2 fully saturated rings. The van der Waals surface area contributed by atoms with Gasteiger partial charge in [-0.15, -0.1) is 11.8 Å². The largest absolute Gasteiger partial charge is 0.339 e. The standard InChI is InChI=1S/C18H21N3O2S/c1-11-5-3-4-6-14(11)16-19-17(23-20-16)12(2)24-15-9-10-21(18(15)22)13-7-8-13/h3-6,12-13,15H,7-10H2,1-2H3/t12-,15+/m1/s1. The van der Waals surface area contributed by atoms with Crippen LogP contribution >= 0.6 is 11.8 Å². The lowest BCUT2D eigenvalue weighted by Gasteiger charge is -2.16. The number of hydrogen-bond acceptors (Lipinski definition) is 5. The summed E-state index contributed by atoms with van der Waals surface area (Å²) in [5.41, 5.74) is 2.11. The monoisotopic (exact) mass is 343 g/mol. The molecule has 2 atom stereocenters. The Morgan fingerprint density at radius 3 is 2.83 bits per heavy atom. The Morgan fingerprint density at radius 1 is 1.29 bits per heavy atom. The van der Waals surface area contributed by atoms with Gasteiger partial charge in [0.05, 0.1) is 10.5 Å². The molecule has 0 N–H and O–H groups in total. The van der Waals surface area contributed by atoms with E-state index in [1.165, 1.54) is 12.8 Å². The molecule has 2 heterocycles. The summed E-state index contributed by atoms with van der Waals surface area (Å²) in [5.74, 6) is 1.50. The normalized spacial score (nSPS) is 22.2. The van der Waals surface area contributed by atoms with Crippen molar-refractivity contribution in [3.8, 4) is 11.4 Å². The molecule has 0 bridgehead atoms. The van der Waals surface area contributed by atoms with Gasteiger partial charge in [-0.05, 0) is 38.7 Å². The van der Waals surface area contributed by atoms with E-state index in [1.54, 1.807) is 11.8 Å². The molecule has 2 aromatic rings. The van der Waals surface area contributed by atoms with E-state index in [9.17, 15) is 4.79 Å². The van der Waals surface area contributed by atoms with Gasteiger partial charge in [0.25, 0.3) is 0 Å². The van der Waals surface area contributed by atoms with Crippen molar-refractivity contribution in [2.75, 3.05) is 6.54 Å². The highest BCUT2D eigenvalue weighted by Gasteiger charge is 2.41. The molecule has 1 aromatic carbocycles. The van der Waals surface area contributed by atoms with Crippen LogP contribution < -0.4 is 0 Å². The van der Waals surface area contributed by atoms with E-state index in [2.05, 4.69) is 15.0 Å². The van der Waals surface area contributed by atoms with Gasteiger partial charge >= 0.3 is 0 Å². The minimum absolute atomic E-state index is 0.0170. The zero-order valence-corrected chi connectivity index (χ0v) is 14.8. The van der Waals surface area contributed by atoms with Gasteiger partial charge in [0.1, 0.15) is 0 Å². The first-order valence-corrected chi connectivity index (χ1v) is 9.43. The Hall–Kier alpha value is -1.82. The van der Waals surface area contributed by atoms with Gasteiger partial charge in [0, 0.05) is 18.2 Å². The van der Waals surface area contributed by atoms with Crippen LogP contribution in [0.4, 0.5) is 0 Å². The number of carbonyl (C=O) groups excluding carboxylic acids is 1. The lowest BCUT2D eigenvalue weighted by Crippen LogP contribution is -2.30. The number of aromatic nitrogens is 2. The number of carbonyl (C=O) groups is 1. The second-order valence-corrected chi connectivity index (χ2v) is 8.14. The molecule has 1 saturated heterocycles. The minimum Gasteiger partial charge on any atom is -0.339 e. The SMILES string of the molecule is Cc1ccccc1-c1noc([C@@H](C)S[C@H]2CCN(C3CC3)C2=O)n1. The van der Waals surface area contributed by atoms with E-state index in [0.29, 0.717) is 17.8 Å². The molecule has 0 unspecified atom stereocenters. The fourth-order valence-corrected chi connectivity index (χ4v) is 4.39. The average Bonchev–Trinajstić information content (AvgIpc) is 3.18. The zero-order chi connectivity index (χ0) is 16.7. The lowest BCUT2D eigenvalue weighted by atomic mass is 10.1. The maximum atomic E-state index is 12.5. The minimum atomic E-state index is 0.0170. The summed E-state index contributed by atoms with van der Waals surface area (Å²) in [6, 6.07) is 8.51. The highest BCUT2D eigenvalue weighted by Crippen LogP contribution is 2.39. The van der Waals surface area contributed by atoms with Crippen LogP contribution in [0.3, 0.4) is 0 Å². The molecule has 2 aliphatic rings. The van der Waals surface area contributed by atoms with Crippen molar-refractivity contribution in [3.63, 3.8) is 0 Å². The molecule has 5 nitrogen and oxygen atoms in total. The highest BCUT2D eigenvalue weighted by molar-refractivity contribution is 8.00. The predicted octanol–water partition coefficient (Wildman–Crippen LogP) is 3.60. The Bertz CT molecular complexity index is 756. The number of rotatable bonds is 5. The molecule has 126 valence electrons. The summed E-state index contributed by atoms with van der Waals surface area (Å²) in [6.07, 6.45) is 3.26. The molecule has 1 aliphatic carbocycles. The van der Waals surface area contributed by atoms with Crippen LogP contribution in [-0.4, -0.2) is 38.8 Å². The van der Waals surface area contributed by atoms with Crippen LogP contribution in [0.25, 0.3) is 11.4 Å². The fourth-order valence-electron chi connectivity index (χ4n) is 3.19. The second-order valence-electron chi connectivity index (χ2n) is 6.59. The quantitative estimate of drug-likeness (QED) is 0.830. The van der Waals surface area contributed by atoms with Crippen LogP contribution in [0.2, 0.25) is 0 Å². The molecular weight excluding hydrogens is 322 g/mol. The smallest absolute Gasteiger partial charge is 0.239 e. The number of nitrogens with zero attached hydrogens (tertiary/aromatic N) is 3. The Balaban J connectivity index is 1.45. The first-order chi connectivity index (χ1) is 11.6. The predicted molar refractivity (Wildman–Crippen MR) is 93.6 cm³/mol. The number of likely N-dealkylation sites (tertiary alicyclic amines) is 1. The van der Waals surface area contributed by atoms with Crippen LogP contribution in [0.1, 0.15) is 42.9 Å². The Kier molecular flexibility index (Phi) is 4.08. The molecule has 4 rings (SSSR count). The molecule has 1 aromatic heterocycles. The first-order valence-electron chi connectivity index (χ1n) is 8.49. The van der Waals surface area contributed by atoms with Gasteiger partial charge in [-0.1, -0.05) is 29.4 Å². The zero-order valence-electron chi connectivity index (χ0n) is 13.9. The summed E-state index contributed by atoms with van der Waals surface area (Å²) in [7, 11) is 0. The van der Waals surface area contributed by atoms with E-state index < -0.39 is 0 Å². The molecule has 0 radical (unpaired) electrons. The topological polar surface area (TPSA) is 59.2 Å². The third-order valence-corrected chi connectivity index (χ3v) is 6.10. The van der Waals surface area contributed by atoms with Crippen molar-refractivity contribution in [2.24, 2.45) is 0 Å². The van der Waals surface area contributed by atoms with Crippen LogP contribution in [0, 0.1) is 6.92 Å². The van der Waals surface area contributed by atoms with Crippen LogP contribution in [0.15, 0.2) is 28.8 Å². The number of amides is 1. The Morgan fingerprint density at radius 2 is 2.08 bits per heavy atom. The van der Waals surface area contributed by atoms with Crippen molar-refractivity contribution < 1.29 is 9.32 Å². The van der Waals surface area contributed by atoms with E-state index in [-0.39, 0.29) is 16.4 Å². The van der Waals surface area contributed by atoms with Gasteiger partial charge < -0.3 is 9.42 Å². The molecule has 1 amide bonds. The third kappa shape index (κ3) is 2.95. The molecule has 0 spiro atoms.